The van der Waals surface area contributed by atoms with E-state index >= 15 is 0 Å². The molecule has 0 aliphatic heterocycles. The highest BCUT2D eigenvalue weighted by molar-refractivity contribution is 7.09. The molecular weight excluding hydrogens is 244 g/mol. The Morgan fingerprint density at radius 3 is 2.78 bits per heavy atom. The first-order chi connectivity index (χ1) is 8.69. The van der Waals surface area contributed by atoms with E-state index in [0.29, 0.717) is 6.61 Å². The number of hydrogen-bond acceptors (Lipinski definition) is 4. The van der Waals surface area contributed by atoms with Gasteiger partial charge in [-0.05, 0) is 44.5 Å². The lowest BCUT2D eigenvalue weighted by Crippen LogP contribution is -2.01. The topological polar surface area (TPSA) is 34.1 Å². The number of ether oxygens (including phenoxy) is 1. The van der Waals surface area contributed by atoms with Gasteiger partial charge >= 0.3 is 0 Å². The number of nitrogens with zero attached hydrogens (tertiary/aromatic N) is 1. The largest absolute Gasteiger partial charge is 0.494 e. The fraction of sp³-hybridized carbons (Fsp3) is 0.357. The lowest BCUT2D eigenvalue weighted by atomic mass is 10.2. The molecule has 3 nitrogen and oxygen atoms in total. The average Bonchev–Trinajstić information content (AvgIpc) is 2.74. The van der Waals surface area contributed by atoms with Gasteiger partial charge in [-0.3, -0.25) is 0 Å². The van der Waals surface area contributed by atoms with Gasteiger partial charge in [-0.1, -0.05) is 0 Å². The normalized spacial score (nSPS) is 10.4. The summed E-state index contributed by atoms with van der Waals surface area (Å²) in [5.41, 5.74) is 3.40. The number of hydrogen-bond donors (Lipinski definition) is 1. The molecule has 4 heteroatoms. The lowest BCUT2D eigenvalue weighted by molar-refractivity contribution is 0.340. The summed E-state index contributed by atoms with van der Waals surface area (Å²) >= 11 is 1.69. The first-order valence-electron chi connectivity index (χ1n) is 6.07. The molecule has 0 amide bonds. The highest BCUT2D eigenvalue weighted by Gasteiger charge is 2.02. The molecular formula is C14H18N2OS. The minimum Gasteiger partial charge on any atom is -0.494 e. The molecule has 0 atom stereocenters. The van der Waals surface area contributed by atoms with Gasteiger partial charge < -0.3 is 10.1 Å². The predicted octanol–water partition coefficient (Wildman–Crippen LogP) is 3.77. The van der Waals surface area contributed by atoms with Crippen molar-refractivity contribution in [3.05, 3.63) is 39.8 Å². The number of thiazole rings is 1. The molecule has 0 aliphatic carbocycles. The van der Waals surface area contributed by atoms with Gasteiger partial charge in [0.2, 0.25) is 0 Å². The number of nitrogens with one attached hydrogen (secondary N) is 1. The van der Waals surface area contributed by atoms with E-state index in [4.69, 9.17) is 4.74 Å². The Balaban J connectivity index is 2.01. The van der Waals surface area contributed by atoms with Crippen LogP contribution >= 0.6 is 11.3 Å². The van der Waals surface area contributed by atoms with Gasteiger partial charge in [0.05, 0.1) is 13.2 Å². The molecule has 0 spiro atoms. The highest BCUT2D eigenvalue weighted by atomic mass is 32.1. The number of anilines is 1. The van der Waals surface area contributed by atoms with Gasteiger partial charge in [-0.15, -0.1) is 11.3 Å². The fourth-order valence-electron chi connectivity index (χ4n) is 1.75. The second-order valence-electron chi connectivity index (χ2n) is 4.15. The van der Waals surface area contributed by atoms with Gasteiger partial charge in [-0.2, -0.15) is 0 Å². The van der Waals surface area contributed by atoms with Crippen LogP contribution in [0.25, 0.3) is 0 Å². The Kier molecular flexibility index (Phi) is 4.20. The Bertz CT molecular complexity index is 522. The zero-order valence-corrected chi connectivity index (χ0v) is 11.8. The maximum atomic E-state index is 5.47. The third-order valence-electron chi connectivity index (χ3n) is 2.61. The molecule has 1 N–H and O–H groups in total. The average molecular weight is 262 g/mol. The van der Waals surface area contributed by atoms with Crippen LogP contribution in [-0.2, 0) is 6.54 Å². The molecule has 18 heavy (non-hydrogen) atoms. The molecule has 0 aliphatic rings. The van der Waals surface area contributed by atoms with Gasteiger partial charge in [0.25, 0.3) is 0 Å². The summed E-state index contributed by atoms with van der Waals surface area (Å²) in [4.78, 5) is 4.43. The molecule has 1 aromatic carbocycles. The van der Waals surface area contributed by atoms with E-state index in [1.165, 1.54) is 5.56 Å². The number of aryl methyl sites for hydroxylation is 2. The number of aromatic nitrogens is 1. The second-order valence-corrected chi connectivity index (χ2v) is 5.09. The minimum absolute atomic E-state index is 0.699. The van der Waals surface area contributed by atoms with Crippen molar-refractivity contribution in [1.82, 2.24) is 4.98 Å². The maximum absolute atomic E-state index is 5.47. The summed E-state index contributed by atoms with van der Waals surface area (Å²) in [6, 6.07) is 6.10. The van der Waals surface area contributed by atoms with Crippen LogP contribution in [-0.4, -0.2) is 11.6 Å². The molecule has 1 heterocycles. The lowest BCUT2D eigenvalue weighted by Gasteiger charge is -2.10. The molecule has 2 aromatic rings. The van der Waals surface area contributed by atoms with Crippen LogP contribution in [0.3, 0.4) is 0 Å². The first-order valence-corrected chi connectivity index (χ1v) is 6.95. The van der Waals surface area contributed by atoms with E-state index in [-0.39, 0.29) is 0 Å². The van der Waals surface area contributed by atoms with Crippen molar-refractivity contribution < 1.29 is 4.74 Å². The van der Waals surface area contributed by atoms with Crippen LogP contribution in [0.5, 0.6) is 5.75 Å². The SMILES string of the molecule is CCOc1ccc(NCc2nc(C)cs2)c(C)c1. The minimum atomic E-state index is 0.699. The standard InChI is InChI=1S/C14H18N2OS/c1-4-17-12-5-6-13(10(2)7-12)15-8-14-16-11(3)9-18-14/h5-7,9,15H,4,8H2,1-3H3. The number of rotatable bonds is 5. The van der Waals surface area contributed by atoms with Crippen LogP contribution < -0.4 is 10.1 Å². The Labute approximate surface area is 112 Å². The molecule has 0 saturated carbocycles. The molecule has 0 fully saturated rings. The summed E-state index contributed by atoms with van der Waals surface area (Å²) in [6.45, 7) is 7.56. The molecule has 0 saturated heterocycles. The van der Waals surface area contributed by atoms with Gasteiger partial charge in [-0.25, -0.2) is 4.98 Å². The van der Waals surface area contributed by atoms with Crippen molar-refractivity contribution in [2.24, 2.45) is 0 Å². The van der Waals surface area contributed by atoms with E-state index in [2.05, 4.69) is 34.7 Å². The third-order valence-corrected chi connectivity index (χ3v) is 3.57. The summed E-state index contributed by atoms with van der Waals surface area (Å²) in [5.74, 6) is 0.922. The van der Waals surface area contributed by atoms with Gasteiger partial charge in [0.15, 0.2) is 0 Å². The Morgan fingerprint density at radius 1 is 1.33 bits per heavy atom. The predicted molar refractivity (Wildman–Crippen MR) is 76.5 cm³/mol. The van der Waals surface area contributed by atoms with Crippen LogP contribution in [0, 0.1) is 13.8 Å². The van der Waals surface area contributed by atoms with Crippen molar-refractivity contribution in [3.8, 4) is 5.75 Å². The smallest absolute Gasteiger partial charge is 0.119 e. The zero-order chi connectivity index (χ0) is 13.0. The van der Waals surface area contributed by atoms with E-state index in [0.717, 1.165) is 28.7 Å². The number of benzene rings is 1. The van der Waals surface area contributed by atoms with Crippen molar-refractivity contribution in [2.75, 3.05) is 11.9 Å². The van der Waals surface area contributed by atoms with Crippen molar-refractivity contribution >= 4 is 17.0 Å². The van der Waals surface area contributed by atoms with Crippen molar-refractivity contribution in [2.45, 2.75) is 27.3 Å². The molecule has 0 unspecified atom stereocenters. The van der Waals surface area contributed by atoms with Crippen LogP contribution in [0.15, 0.2) is 23.6 Å². The second kappa shape index (κ2) is 5.87. The van der Waals surface area contributed by atoms with E-state index in [9.17, 15) is 0 Å². The summed E-state index contributed by atoms with van der Waals surface area (Å²) < 4.78 is 5.47. The molecule has 0 radical (unpaired) electrons. The van der Waals surface area contributed by atoms with E-state index in [1.54, 1.807) is 11.3 Å². The van der Waals surface area contributed by atoms with Crippen LogP contribution in [0.2, 0.25) is 0 Å². The molecule has 1 aromatic heterocycles. The zero-order valence-electron chi connectivity index (χ0n) is 11.0. The molecule has 96 valence electrons. The quantitative estimate of drug-likeness (QED) is 0.890. The molecule has 0 bridgehead atoms. The van der Waals surface area contributed by atoms with E-state index < -0.39 is 0 Å². The van der Waals surface area contributed by atoms with Crippen LogP contribution in [0.1, 0.15) is 23.2 Å². The summed E-state index contributed by atoms with van der Waals surface area (Å²) in [5, 5.41) is 6.59. The van der Waals surface area contributed by atoms with Gasteiger partial charge in [0.1, 0.15) is 10.8 Å². The Morgan fingerprint density at radius 2 is 2.17 bits per heavy atom. The highest BCUT2D eigenvalue weighted by Crippen LogP contribution is 2.22. The third kappa shape index (κ3) is 3.23. The van der Waals surface area contributed by atoms with Crippen LogP contribution in [0.4, 0.5) is 5.69 Å². The van der Waals surface area contributed by atoms with Gasteiger partial charge in [0, 0.05) is 16.8 Å². The monoisotopic (exact) mass is 262 g/mol. The van der Waals surface area contributed by atoms with Crippen molar-refractivity contribution in [3.63, 3.8) is 0 Å². The summed E-state index contributed by atoms with van der Waals surface area (Å²) in [7, 11) is 0. The van der Waals surface area contributed by atoms with Crippen molar-refractivity contribution in [1.29, 1.82) is 0 Å². The maximum Gasteiger partial charge on any atom is 0.119 e. The fourth-order valence-corrected chi connectivity index (χ4v) is 2.46. The Hall–Kier alpha value is -1.55. The van der Waals surface area contributed by atoms with E-state index in [1.807, 2.05) is 19.9 Å². The molecule has 2 rings (SSSR count). The first kappa shape index (κ1) is 12.9. The summed E-state index contributed by atoms with van der Waals surface area (Å²) in [6.07, 6.45) is 0.